The van der Waals surface area contributed by atoms with Crippen molar-refractivity contribution in [2.45, 2.75) is 13.5 Å². The molecule has 2 amide bonds. The molecule has 0 saturated heterocycles. The summed E-state index contributed by atoms with van der Waals surface area (Å²) in [5.41, 5.74) is 1.98. The van der Waals surface area contributed by atoms with E-state index >= 15 is 0 Å². The van der Waals surface area contributed by atoms with Crippen LogP contribution in [0.25, 0.3) is 0 Å². The summed E-state index contributed by atoms with van der Waals surface area (Å²) in [5.74, 6) is -0.669. The van der Waals surface area contributed by atoms with Crippen LogP contribution in [0.3, 0.4) is 0 Å². The highest BCUT2D eigenvalue weighted by Gasteiger charge is 2.12. The Morgan fingerprint density at radius 1 is 1.27 bits per heavy atom. The van der Waals surface area contributed by atoms with Crippen molar-refractivity contribution >= 4 is 23.4 Å². The van der Waals surface area contributed by atoms with Gasteiger partial charge in [-0.2, -0.15) is 5.10 Å². The van der Waals surface area contributed by atoms with E-state index in [4.69, 9.17) is 11.6 Å². The number of nitrogens with zero attached hydrogens (tertiary/aromatic N) is 2. The number of aryl methyl sites for hydroxylation is 2. The van der Waals surface area contributed by atoms with Crippen molar-refractivity contribution in [3.8, 4) is 0 Å². The van der Waals surface area contributed by atoms with Crippen molar-refractivity contribution in [2.75, 3.05) is 6.54 Å². The number of hydrogen-bond acceptors (Lipinski definition) is 3. The Balaban J connectivity index is 1.80. The lowest BCUT2D eigenvalue weighted by Crippen LogP contribution is -2.36. The number of nitrogens with one attached hydrogen (secondary N) is 2. The van der Waals surface area contributed by atoms with Crippen LogP contribution in [0, 0.1) is 6.92 Å². The lowest BCUT2D eigenvalue weighted by molar-refractivity contribution is -0.120. The number of halogens is 1. The predicted molar refractivity (Wildman–Crippen MR) is 83.6 cm³/mol. The zero-order valence-corrected chi connectivity index (χ0v) is 13.1. The summed E-state index contributed by atoms with van der Waals surface area (Å²) in [6.07, 6.45) is 0. The van der Waals surface area contributed by atoms with Gasteiger partial charge >= 0.3 is 0 Å². The molecular weight excluding hydrogens is 304 g/mol. The number of aromatic nitrogens is 2. The van der Waals surface area contributed by atoms with Crippen LogP contribution in [0.15, 0.2) is 30.3 Å². The van der Waals surface area contributed by atoms with Crippen LogP contribution >= 0.6 is 11.6 Å². The van der Waals surface area contributed by atoms with Crippen molar-refractivity contribution in [2.24, 2.45) is 7.05 Å². The van der Waals surface area contributed by atoms with E-state index in [0.717, 1.165) is 11.3 Å². The maximum absolute atomic E-state index is 11.9. The maximum Gasteiger partial charge on any atom is 0.272 e. The van der Waals surface area contributed by atoms with Crippen LogP contribution in [0.4, 0.5) is 0 Å². The molecule has 0 aliphatic carbocycles. The van der Waals surface area contributed by atoms with Crippen molar-refractivity contribution in [1.29, 1.82) is 0 Å². The third-order valence-corrected chi connectivity index (χ3v) is 3.56. The first-order chi connectivity index (χ1) is 10.5. The van der Waals surface area contributed by atoms with Gasteiger partial charge in [-0.25, -0.2) is 0 Å². The van der Waals surface area contributed by atoms with Crippen LogP contribution in [-0.2, 0) is 18.4 Å². The Labute approximate surface area is 133 Å². The average Bonchev–Trinajstić information content (AvgIpc) is 2.83. The Bertz CT molecular complexity index is 677. The standard InChI is InChI=1S/C15H17ClN4O2/c1-10-7-13(19-20(10)2)15(22)18-9-14(21)17-8-11-5-3-4-6-12(11)16/h3-7H,8-9H2,1-2H3,(H,17,21)(H,18,22). The number of carbonyl (C=O) groups is 2. The summed E-state index contributed by atoms with van der Waals surface area (Å²) < 4.78 is 1.60. The molecule has 6 nitrogen and oxygen atoms in total. The first-order valence-electron chi connectivity index (χ1n) is 6.76. The fraction of sp³-hybridized carbons (Fsp3) is 0.267. The van der Waals surface area contributed by atoms with Crippen molar-refractivity contribution in [1.82, 2.24) is 20.4 Å². The highest BCUT2D eigenvalue weighted by molar-refractivity contribution is 6.31. The highest BCUT2D eigenvalue weighted by atomic mass is 35.5. The minimum absolute atomic E-state index is 0.112. The zero-order chi connectivity index (χ0) is 16.1. The second-order valence-electron chi connectivity index (χ2n) is 4.85. The number of hydrogen-bond donors (Lipinski definition) is 2. The van der Waals surface area contributed by atoms with Gasteiger partial charge in [-0.3, -0.25) is 14.3 Å². The van der Waals surface area contributed by atoms with E-state index in [9.17, 15) is 9.59 Å². The van der Waals surface area contributed by atoms with E-state index in [1.807, 2.05) is 25.1 Å². The topological polar surface area (TPSA) is 76.0 Å². The van der Waals surface area contributed by atoms with Crippen LogP contribution in [0.1, 0.15) is 21.7 Å². The average molecular weight is 321 g/mol. The summed E-state index contributed by atoms with van der Waals surface area (Å²) in [6, 6.07) is 8.92. The van der Waals surface area contributed by atoms with E-state index in [0.29, 0.717) is 17.3 Å². The van der Waals surface area contributed by atoms with E-state index in [2.05, 4.69) is 15.7 Å². The molecule has 0 atom stereocenters. The normalized spacial score (nSPS) is 10.3. The lowest BCUT2D eigenvalue weighted by atomic mass is 10.2. The molecule has 2 rings (SSSR count). The van der Waals surface area contributed by atoms with E-state index < -0.39 is 0 Å². The van der Waals surface area contributed by atoms with Gasteiger partial charge in [0, 0.05) is 24.3 Å². The second kappa shape index (κ2) is 7.09. The minimum Gasteiger partial charge on any atom is -0.350 e. The van der Waals surface area contributed by atoms with Crippen LogP contribution < -0.4 is 10.6 Å². The Kier molecular flexibility index (Phi) is 5.16. The second-order valence-corrected chi connectivity index (χ2v) is 5.25. The molecule has 0 bridgehead atoms. The first kappa shape index (κ1) is 16.0. The number of carbonyl (C=O) groups excluding carboxylic acids is 2. The molecule has 7 heteroatoms. The largest absolute Gasteiger partial charge is 0.350 e. The smallest absolute Gasteiger partial charge is 0.272 e. The van der Waals surface area contributed by atoms with Gasteiger partial charge in [-0.05, 0) is 24.6 Å². The quantitative estimate of drug-likeness (QED) is 0.875. The molecule has 0 unspecified atom stereocenters. The van der Waals surface area contributed by atoms with Crippen LogP contribution in [0.5, 0.6) is 0 Å². The van der Waals surface area contributed by atoms with Gasteiger partial charge in [0.05, 0.1) is 6.54 Å². The summed E-state index contributed by atoms with van der Waals surface area (Å²) >= 11 is 6.00. The SMILES string of the molecule is Cc1cc(C(=O)NCC(=O)NCc2ccccc2Cl)nn1C. The van der Waals surface area contributed by atoms with E-state index in [1.54, 1.807) is 23.9 Å². The van der Waals surface area contributed by atoms with E-state index in [-0.39, 0.29) is 18.4 Å². The number of benzene rings is 1. The molecule has 1 heterocycles. The molecule has 0 saturated carbocycles. The fourth-order valence-electron chi connectivity index (χ4n) is 1.82. The van der Waals surface area contributed by atoms with Gasteiger partial charge < -0.3 is 10.6 Å². The van der Waals surface area contributed by atoms with E-state index in [1.165, 1.54) is 0 Å². The molecule has 0 aliphatic rings. The third-order valence-electron chi connectivity index (χ3n) is 3.19. The minimum atomic E-state index is -0.378. The van der Waals surface area contributed by atoms with Crippen molar-refractivity contribution in [3.05, 3.63) is 52.3 Å². The van der Waals surface area contributed by atoms with Gasteiger partial charge in [0.15, 0.2) is 0 Å². The summed E-state index contributed by atoms with van der Waals surface area (Å²) in [5, 5.41) is 9.87. The molecule has 2 N–H and O–H groups in total. The molecule has 1 aromatic carbocycles. The number of amides is 2. The Morgan fingerprint density at radius 2 is 2.00 bits per heavy atom. The van der Waals surface area contributed by atoms with Gasteiger partial charge in [-0.15, -0.1) is 0 Å². The van der Waals surface area contributed by atoms with Crippen LogP contribution in [-0.4, -0.2) is 28.1 Å². The molecule has 0 radical (unpaired) electrons. The fourth-order valence-corrected chi connectivity index (χ4v) is 2.02. The summed E-state index contributed by atoms with van der Waals surface area (Å²) in [7, 11) is 1.75. The number of rotatable bonds is 5. The molecule has 2 aromatic rings. The molecule has 1 aromatic heterocycles. The molecule has 0 aliphatic heterocycles. The molecule has 116 valence electrons. The molecule has 0 spiro atoms. The zero-order valence-electron chi connectivity index (χ0n) is 12.4. The lowest BCUT2D eigenvalue weighted by Gasteiger charge is -2.07. The van der Waals surface area contributed by atoms with Crippen LogP contribution in [0.2, 0.25) is 5.02 Å². The Morgan fingerprint density at radius 3 is 2.64 bits per heavy atom. The van der Waals surface area contributed by atoms with Gasteiger partial charge in [0.1, 0.15) is 5.69 Å². The van der Waals surface area contributed by atoms with Gasteiger partial charge in [-0.1, -0.05) is 29.8 Å². The summed E-state index contributed by atoms with van der Waals surface area (Å²) in [6.45, 7) is 2.05. The summed E-state index contributed by atoms with van der Waals surface area (Å²) in [4.78, 5) is 23.6. The first-order valence-corrected chi connectivity index (χ1v) is 7.14. The van der Waals surface area contributed by atoms with Crippen molar-refractivity contribution < 1.29 is 9.59 Å². The Hall–Kier alpha value is -2.34. The van der Waals surface area contributed by atoms with Crippen molar-refractivity contribution in [3.63, 3.8) is 0 Å². The molecule has 0 fully saturated rings. The van der Waals surface area contributed by atoms with Gasteiger partial charge in [0.25, 0.3) is 5.91 Å². The van der Waals surface area contributed by atoms with Gasteiger partial charge in [0.2, 0.25) is 5.91 Å². The predicted octanol–water partition coefficient (Wildman–Crippen LogP) is 1.43. The third kappa shape index (κ3) is 4.08. The molecule has 22 heavy (non-hydrogen) atoms. The maximum atomic E-state index is 11.9. The highest BCUT2D eigenvalue weighted by Crippen LogP contribution is 2.14. The molecular formula is C15H17ClN4O2. The monoisotopic (exact) mass is 320 g/mol.